The van der Waals surface area contributed by atoms with E-state index in [1.165, 1.54) is 11.8 Å². The topological polar surface area (TPSA) is 30.0 Å². The molecule has 5 heteroatoms. The number of nitrogens with zero attached hydrogens (tertiary/aromatic N) is 1. The Hall–Kier alpha value is -0.840. The van der Waals surface area contributed by atoms with E-state index in [2.05, 4.69) is 4.98 Å². The summed E-state index contributed by atoms with van der Waals surface area (Å²) in [7, 11) is 0. The molecule has 0 bridgehead atoms. The summed E-state index contributed by atoms with van der Waals surface area (Å²) in [5, 5.41) is 3.63. The summed E-state index contributed by atoms with van der Waals surface area (Å²) in [6, 6.07) is 7.56. The molecule has 2 rings (SSSR count). The van der Waals surface area contributed by atoms with Gasteiger partial charge in [-0.2, -0.15) is 0 Å². The highest BCUT2D eigenvalue weighted by molar-refractivity contribution is 8.00. The molecule has 1 aromatic heterocycles. The van der Waals surface area contributed by atoms with Gasteiger partial charge in [-0.05, 0) is 19.1 Å². The maximum Gasteiger partial charge on any atom is 0.149 e. The lowest BCUT2D eigenvalue weighted by Gasteiger charge is -2.02. The number of carbonyl (C=O) groups excluding carboxylic acids is 1. The van der Waals surface area contributed by atoms with Crippen molar-refractivity contribution in [3.8, 4) is 0 Å². The molecule has 1 aromatic carbocycles. The minimum Gasteiger partial charge on any atom is -0.298 e. The van der Waals surface area contributed by atoms with E-state index in [-0.39, 0.29) is 5.78 Å². The lowest BCUT2D eigenvalue weighted by molar-refractivity contribution is -0.116. The Bertz CT molecular complexity index is 553. The van der Waals surface area contributed by atoms with E-state index in [9.17, 15) is 4.79 Å². The minimum atomic E-state index is 0.171. The lowest BCUT2D eigenvalue weighted by Crippen LogP contribution is -2.05. The summed E-state index contributed by atoms with van der Waals surface area (Å²) in [5.74, 6) is 0.602. The largest absolute Gasteiger partial charge is 0.298 e. The van der Waals surface area contributed by atoms with Gasteiger partial charge in [0.2, 0.25) is 0 Å². The molecular weight excluding hydrogens is 286 g/mol. The van der Waals surface area contributed by atoms with Crippen LogP contribution in [0.25, 0.3) is 0 Å². The van der Waals surface area contributed by atoms with Gasteiger partial charge in [0.05, 0.1) is 27.9 Å². The van der Waals surface area contributed by atoms with Gasteiger partial charge in [0, 0.05) is 10.3 Å². The highest BCUT2D eigenvalue weighted by atomic mass is 35.5. The number of thioether (sulfide) groups is 1. The van der Waals surface area contributed by atoms with Crippen molar-refractivity contribution in [1.29, 1.82) is 0 Å². The van der Waals surface area contributed by atoms with Crippen LogP contribution in [0.1, 0.15) is 10.7 Å². The molecule has 0 radical (unpaired) electrons. The molecule has 0 fully saturated rings. The zero-order valence-corrected chi connectivity index (χ0v) is 12.2. The number of halogens is 1. The molecule has 0 aliphatic rings. The molecule has 0 N–H and O–H groups in total. The number of Topliss-reactive ketones (excluding diaryl/α,β-unsaturated/α-hetero) is 1. The summed E-state index contributed by atoms with van der Waals surface area (Å²) in [6.07, 6.45) is 0.405. The molecule has 0 atom stereocenters. The van der Waals surface area contributed by atoms with E-state index < -0.39 is 0 Å². The van der Waals surface area contributed by atoms with Crippen molar-refractivity contribution in [3.63, 3.8) is 0 Å². The van der Waals surface area contributed by atoms with Crippen molar-refractivity contribution < 1.29 is 4.79 Å². The van der Waals surface area contributed by atoms with Crippen molar-refractivity contribution in [1.82, 2.24) is 4.98 Å². The van der Waals surface area contributed by atoms with Crippen molar-refractivity contribution in [2.75, 3.05) is 5.75 Å². The number of aryl methyl sites for hydroxylation is 1. The molecule has 0 unspecified atom stereocenters. The van der Waals surface area contributed by atoms with Crippen LogP contribution in [0.3, 0.4) is 0 Å². The average Bonchev–Trinajstić information content (AvgIpc) is 2.74. The van der Waals surface area contributed by atoms with E-state index in [1.807, 2.05) is 36.6 Å². The first-order chi connectivity index (χ1) is 8.65. The summed E-state index contributed by atoms with van der Waals surface area (Å²) in [4.78, 5) is 17.0. The van der Waals surface area contributed by atoms with Crippen LogP contribution < -0.4 is 0 Å². The third kappa shape index (κ3) is 3.83. The maximum absolute atomic E-state index is 11.8. The van der Waals surface area contributed by atoms with Crippen LogP contribution in [-0.2, 0) is 11.2 Å². The molecule has 0 aliphatic heterocycles. The fourth-order valence-corrected chi connectivity index (χ4v) is 3.17. The van der Waals surface area contributed by atoms with Crippen molar-refractivity contribution in [2.24, 2.45) is 0 Å². The van der Waals surface area contributed by atoms with Gasteiger partial charge in [0.1, 0.15) is 5.78 Å². The van der Waals surface area contributed by atoms with Gasteiger partial charge in [0.25, 0.3) is 0 Å². The highest BCUT2D eigenvalue weighted by Crippen LogP contribution is 2.26. The monoisotopic (exact) mass is 297 g/mol. The molecule has 1 heterocycles. The Labute approximate surface area is 119 Å². The summed E-state index contributed by atoms with van der Waals surface area (Å²) in [6.45, 7) is 1.94. The molecule has 0 spiro atoms. The first-order valence-electron chi connectivity index (χ1n) is 5.45. The molecule has 2 aromatic rings. The SMILES string of the molecule is Cc1nc(CC(=O)CSc2ccccc2Cl)cs1. The Balaban J connectivity index is 1.87. The van der Waals surface area contributed by atoms with E-state index in [0.717, 1.165) is 15.6 Å². The second-order valence-corrected chi connectivity index (χ2v) is 6.28. The molecule has 0 aliphatic carbocycles. The quantitative estimate of drug-likeness (QED) is 0.781. The first kappa shape index (κ1) is 13.6. The van der Waals surface area contributed by atoms with Gasteiger partial charge >= 0.3 is 0 Å². The second kappa shape index (κ2) is 6.36. The Morgan fingerprint density at radius 3 is 2.89 bits per heavy atom. The number of benzene rings is 1. The Morgan fingerprint density at radius 2 is 2.22 bits per heavy atom. The summed E-state index contributed by atoms with van der Waals surface area (Å²) >= 11 is 9.08. The van der Waals surface area contributed by atoms with Crippen molar-refractivity contribution >= 4 is 40.5 Å². The van der Waals surface area contributed by atoms with Crippen molar-refractivity contribution in [3.05, 3.63) is 45.4 Å². The van der Waals surface area contributed by atoms with E-state index >= 15 is 0 Å². The van der Waals surface area contributed by atoms with Gasteiger partial charge in [-0.25, -0.2) is 4.98 Å². The van der Waals surface area contributed by atoms with Crippen molar-refractivity contribution in [2.45, 2.75) is 18.2 Å². The molecule has 2 nitrogen and oxygen atoms in total. The number of hydrogen-bond acceptors (Lipinski definition) is 4. The molecule has 94 valence electrons. The molecule has 0 saturated heterocycles. The summed E-state index contributed by atoms with van der Waals surface area (Å²) in [5.41, 5.74) is 0.863. The van der Waals surface area contributed by atoms with E-state index in [1.54, 1.807) is 11.3 Å². The van der Waals surface area contributed by atoms with Gasteiger partial charge in [0.15, 0.2) is 0 Å². The predicted molar refractivity (Wildman–Crippen MR) is 77.7 cm³/mol. The van der Waals surface area contributed by atoms with Crippen LogP contribution in [-0.4, -0.2) is 16.5 Å². The number of carbonyl (C=O) groups is 1. The number of thiazole rings is 1. The van der Waals surface area contributed by atoms with E-state index in [0.29, 0.717) is 17.2 Å². The third-order valence-electron chi connectivity index (χ3n) is 2.27. The van der Waals surface area contributed by atoms with Gasteiger partial charge < -0.3 is 0 Å². The molecule has 0 saturated carbocycles. The fourth-order valence-electron chi connectivity index (χ4n) is 1.46. The Kier molecular flexibility index (Phi) is 4.80. The molecular formula is C13H12ClNOS2. The van der Waals surface area contributed by atoms with Crippen LogP contribution >= 0.6 is 34.7 Å². The van der Waals surface area contributed by atoms with Gasteiger partial charge in [-0.15, -0.1) is 23.1 Å². The van der Waals surface area contributed by atoms with Crippen LogP contribution in [0.5, 0.6) is 0 Å². The smallest absolute Gasteiger partial charge is 0.149 e. The third-order valence-corrected chi connectivity index (χ3v) is 4.67. The van der Waals surface area contributed by atoms with Gasteiger partial charge in [-0.1, -0.05) is 23.7 Å². The number of hydrogen-bond donors (Lipinski definition) is 0. The Morgan fingerprint density at radius 1 is 1.44 bits per heavy atom. The van der Waals surface area contributed by atoms with Crippen LogP contribution in [0.15, 0.2) is 34.5 Å². The zero-order chi connectivity index (χ0) is 13.0. The van der Waals surface area contributed by atoms with E-state index in [4.69, 9.17) is 11.6 Å². The average molecular weight is 298 g/mol. The van der Waals surface area contributed by atoms with Crippen LogP contribution in [0.2, 0.25) is 5.02 Å². The highest BCUT2D eigenvalue weighted by Gasteiger charge is 2.08. The van der Waals surface area contributed by atoms with Crippen LogP contribution in [0.4, 0.5) is 0 Å². The number of ketones is 1. The zero-order valence-electron chi connectivity index (χ0n) is 9.85. The first-order valence-corrected chi connectivity index (χ1v) is 7.69. The van der Waals surface area contributed by atoms with Crippen LogP contribution in [0, 0.1) is 6.92 Å². The van der Waals surface area contributed by atoms with Gasteiger partial charge in [-0.3, -0.25) is 4.79 Å². The standard InChI is InChI=1S/C13H12ClNOS2/c1-9-15-10(7-17-9)6-11(16)8-18-13-5-3-2-4-12(13)14/h2-5,7H,6,8H2,1H3. The summed E-state index contributed by atoms with van der Waals surface area (Å²) < 4.78 is 0. The normalized spacial score (nSPS) is 10.6. The number of rotatable bonds is 5. The minimum absolute atomic E-state index is 0.171. The number of aromatic nitrogens is 1. The predicted octanol–water partition coefficient (Wildman–Crippen LogP) is 4.01. The fraction of sp³-hybridized carbons (Fsp3) is 0.231. The maximum atomic E-state index is 11.8. The second-order valence-electron chi connectivity index (χ2n) is 3.79. The molecule has 0 amide bonds. The lowest BCUT2D eigenvalue weighted by atomic mass is 10.2. The molecule has 18 heavy (non-hydrogen) atoms.